The number of aryl methyl sites for hydroxylation is 2. The molecular formula is C15H18N4S2. The third-order valence-electron chi connectivity index (χ3n) is 2.84. The topological polar surface area (TPSA) is 75.7 Å². The maximum Gasteiger partial charge on any atom is 0.187 e. The Labute approximate surface area is 133 Å². The van der Waals surface area contributed by atoms with Crippen LogP contribution in [0.3, 0.4) is 0 Å². The minimum Gasteiger partial charge on any atom is -0.379 e. The van der Waals surface area contributed by atoms with Crippen LogP contribution in [0.4, 0.5) is 0 Å². The zero-order valence-corrected chi connectivity index (χ0v) is 13.3. The third kappa shape index (κ3) is 6.18. The maximum atomic E-state index is 7.17. The van der Waals surface area contributed by atoms with Crippen molar-refractivity contribution in [2.45, 2.75) is 18.0 Å². The van der Waals surface area contributed by atoms with Crippen LogP contribution in [0, 0.1) is 5.41 Å². The summed E-state index contributed by atoms with van der Waals surface area (Å²) in [6.45, 7) is 0. The Bertz CT molecular complexity index is 558. The van der Waals surface area contributed by atoms with E-state index in [1.807, 2.05) is 6.07 Å². The summed E-state index contributed by atoms with van der Waals surface area (Å²) in [6, 6.07) is 10.5. The number of benzene rings is 1. The Morgan fingerprint density at radius 2 is 1.57 bits per heavy atom. The highest BCUT2D eigenvalue weighted by Gasteiger charge is 1.99. The van der Waals surface area contributed by atoms with Crippen LogP contribution < -0.4 is 5.73 Å². The number of thioether (sulfide) groups is 2. The normalized spacial score (nSPS) is 10.5. The van der Waals surface area contributed by atoms with Crippen LogP contribution in [0.1, 0.15) is 11.1 Å². The molecule has 0 aliphatic carbocycles. The molecule has 4 nitrogen and oxygen atoms in total. The van der Waals surface area contributed by atoms with E-state index in [0.29, 0.717) is 0 Å². The molecule has 1 aromatic heterocycles. The molecule has 0 saturated carbocycles. The molecule has 0 atom stereocenters. The van der Waals surface area contributed by atoms with Gasteiger partial charge in [-0.25, -0.2) is 9.97 Å². The van der Waals surface area contributed by atoms with Crippen molar-refractivity contribution in [3.63, 3.8) is 0 Å². The number of hydrogen-bond donors (Lipinski definition) is 2. The van der Waals surface area contributed by atoms with Crippen molar-refractivity contribution in [1.29, 1.82) is 5.41 Å². The zero-order valence-electron chi connectivity index (χ0n) is 11.7. The Morgan fingerprint density at radius 1 is 1.00 bits per heavy atom. The molecular weight excluding hydrogens is 300 g/mol. The molecule has 21 heavy (non-hydrogen) atoms. The van der Waals surface area contributed by atoms with Crippen molar-refractivity contribution >= 4 is 28.7 Å². The Kier molecular flexibility index (Phi) is 6.56. The van der Waals surface area contributed by atoms with Crippen LogP contribution in [0.15, 0.2) is 47.9 Å². The molecule has 0 saturated heterocycles. The number of nitrogens with one attached hydrogen (secondary N) is 1. The predicted octanol–water partition coefficient (Wildman–Crippen LogP) is 2.98. The molecule has 2 aromatic rings. The minimum atomic E-state index is 0.187. The van der Waals surface area contributed by atoms with Gasteiger partial charge in [0.25, 0.3) is 0 Å². The first-order valence-electron chi connectivity index (χ1n) is 6.68. The standard InChI is InChI=1S/C15H18N4S2/c16-14(17)20-10-6-12-2-4-13(5-3-12)7-11-21-15-18-8-1-9-19-15/h1-5,8-9H,6-7,10-11H2,(H3,16,17). The van der Waals surface area contributed by atoms with Crippen LogP contribution in [0.5, 0.6) is 0 Å². The number of nitrogens with zero attached hydrogens (tertiary/aromatic N) is 2. The van der Waals surface area contributed by atoms with Crippen LogP contribution in [-0.2, 0) is 12.8 Å². The predicted molar refractivity (Wildman–Crippen MR) is 91.0 cm³/mol. The van der Waals surface area contributed by atoms with Gasteiger partial charge < -0.3 is 5.73 Å². The number of hydrogen-bond acceptors (Lipinski definition) is 5. The van der Waals surface area contributed by atoms with Gasteiger partial charge in [0, 0.05) is 23.9 Å². The Morgan fingerprint density at radius 3 is 2.14 bits per heavy atom. The highest BCUT2D eigenvalue weighted by molar-refractivity contribution is 8.13. The lowest BCUT2D eigenvalue weighted by Crippen LogP contribution is -2.05. The lowest BCUT2D eigenvalue weighted by Gasteiger charge is -2.04. The maximum absolute atomic E-state index is 7.17. The fourth-order valence-corrected chi connectivity index (χ4v) is 3.12. The molecule has 6 heteroatoms. The lowest BCUT2D eigenvalue weighted by atomic mass is 10.1. The van der Waals surface area contributed by atoms with E-state index >= 15 is 0 Å². The number of amidine groups is 1. The molecule has 0 fully saturated rings. The molecule has 3 N–H and O–H groups in total. The summed E-state index contributed by atoms with van der Waals surface area (Å²) >= 11 is 3.06. The van der Waals surface area contributed by atoms with Crippen LogP contribution in [0.2, 0.25) is 0 Å². The van der Waals surface area contributed by atoms with Crippen molar-refractivity contribution in [1.82, 2.24) is 9.97 Å². The average Bonchev–Trinajstić information content (AvgIpc) is 2.50. The molecule has 0 aliphatic rings. The van der Waals surface area contributed by atoms with Gasteiger partial charge in [-0.2, -0.15) is 0 Å². The molecule has 1 heterocycles. The fourth-order valence-electron chi connectivity index (χ4n) is 1.77. The molecule has 2 rings (SSSR count). The van der Waals surface area contributed by atoms with Gasteiger partial charge in [-0.1, -0.05) is 47.8 Å². The zero-order chi connectivity index (χ0) is 14.9. The van der Waals surface area contributed by atoms with Crippen molar-refractivity contribution in [3.8, 4) is 0 Å². The van der Waals surface area contributed by atoms with Gasteiger partial charge in [-0.15, -0.1) is 0 Å². The highest BCUT2D eigenvalue weighted by atomic mass is 32.2. The summed E-state index contributed by atoms with van der Waals surface area (Å²) in [5.41, 5.74) is 7.92. The van der Waals surface area contributed by atoms with Gasteiger partial charge in [0.15, 0.2) is 10.3 Å². The second-order valence-corrected chi connectivity index (χ2v) is 6.61. The molecule has 0 spiro atoms. The van der Waals surface area contributed by atoms with Crippen LogP contribution >= 0.6 is 23.5 Å². The van der Waals surface area contributed by atoms with Gasteiger partial charge in [0.2, 0.25) is 0 Å². The first-order chi connectivity index (χ1) is 10.2. The van der Waals surface area contributed by atoms with Gasteiger partial charge in [0.1, 0.15) is 0 Å². The quantitative estimate of drug-likeness (QED) is 0.355. The van der Waals surface area contributed by atoms with E-state index in [4.69, 9.17) is 11.1 Å². The smallest absolute Gasteiger partial charge is 0.187 e. The molecule has 0 unspecified atom stereocenters. The molecule has 0 amide bonds. The Balaban J connectivity index is 1.73. The summed E-state index contributed by atoms with van der Waals surface area (Å²) in [5, 5.41) is 8.19. The largest absolute Gasteiger partial charge is 0.379 e. The van der Waals surface area contributed by atoms with Crippen molar-refractivity contribution in [2.24, 2.45) is 5.73 Å². The van der Waals surface area contributed by atoms with Crippen molar-refractivity contribution in [2.75, 3.05) is 11.5 Å². The number of nitrogens with two attached hydrogens (primary N) is 1. The highest BCUT2D eigenvalue weighted by Crippen LogP contribution is 2.15. The van der Waals surface area contributed by atoms with E-state index in [1.165, 1.54) is 22.9 Å². The van der Waals surface area contributed by atoms with Gasteiger partial charge in [-0.3, -0.25) is 5.41 Å². The van der Waals surface area contributed by atoms with Gasteiger partial charge >= 0.3 is 0 Å². The minimum absolute atomic E-state index is 0.187. The summed E-state index contributed by atoms with van der Waals surface area (Å²) in [5.74, 6) is 1.83. The number of rotatable bonds is 7. The monoisotopic (exact) mass is 318 g/mol. The molecule has 0 radical (unpaired) electrons. The second-order valence-electron chi connectivity index (χ2n) is 4.41. The summed E-state index contributed by atoms with van der Waals surface area (Å²) < 4.78 is 0. The molecule has 1 aromatic carbocycles. The molecule has 0 aliphatic heterocycles. The van der Waals surface area contributed by atoms with E-state index < -0.39 is 0 Å². The fraction of sp³-hybridized carbons (Fsp3) is 0.267. The first kappa shape index (κ1) is 15.9. The average molecular weight is 318 g/mol. The Hall–Kier alpha value is -1.53. The number of aromatic nitrogens is 2. The van der Waals surface area contributed by atoms with E-state index in [-0.39, 0.29) is 5.17 Å². The molecule has 110 valence electrons. The third-order valence-corrected chi connectivity index (χ3v) is 4.43. The van der Waals surface area contributed by atoms with Crippen molar-refractivity contribution in [3.05, 3.63) is 53.9 Å². The van der Waals surface area contributed by atoms with E-state index in [0.717, 1.165) is 29.5 Å². The van der Waals surface area contributed by atoms with E-state index in [9.17, 15) is 0 Å². The van der Waals surface area contributed by atoms with Crippen molar-refractivity contribution < 1.29 is 0 Å². The summed E-state index contributed by atoms with van der Waals surface area (Å²) in [6.07, 6.45) is 5.48. The van der Waals surface area contributed by atoms with Crippen LogP contribution in [0.25, 0.3) is 0 Å². The lowest BCUT2D eigenvalue weighted by molar-refractivity contribution is 0.963. The van der Waals surface area contributed by atoms with E-state index in [1.54, 1.807) is 24.2 Å². The second kappa shape index (κ2) is 8.69. The summed E-state index contributed by atoms with van der Waals surface area (Å²) in [4.78, 5) is 8.39. The van der Waals surface area contributed by atoms with Gasteiger partial charge in [0.05, 0.1) is 0 Å². The SMILES string of the molecule is N=C(N)SCCc1ccc(CCSc2ncccn2)cc1. The first-order valence-corrected chi connectivity index (χ1v) is 8.65. The summed E-state index contributed by atoms with van der Waals surface area (Å²) in [7, 11) is 0. The van der Waals surface area contributed by atoms with E-state index in [2.05, 4.69) is 34.2 Å². The molecule has 0 bridgehead atoms. The van der Waals surface area contributed by atoms with Gasteiger partial charge in [-0.05, 0) is 30.0 Å². The van der Waals surface area contributed by atoms with Crippen LogP contribution in [-0.4, -0.2) is 26.6 Å².